The lowest BCUT2D eigenvalue weighted by Gasteiger charge is -2.07. The number of nitrogen functional groups attached to an aromatic ring is 1. The maximum Gasteiger partial charge on any atom is 0.267 e. The first-order valence-electron chi connectivity index (χ1n) is 6.11. The van der Waals surface area contributed by atoms with E-state index in [2.05, 4.69) is 5.32 Å². The zero-order valence-corrected chi connectivity index (χ0v) is 10.7. The Kier molecular flexibility index (Phi) is 6.24. The first-order chi connectivity index (χ1) is 8.69. The van der Waals surface area contributed by atoms with Gasteiger partial charge >= 0.3 is 0 Å². The number of nitrogens with two attached hydrogens (primary N) is 1. The topological polar surface area (TPSA) is 89.5 Å². The highest BCUT2D eigenvalue weighted by Crippen LogP contribution is 2.10. The first kappa shape index (κ1) is 14.5. The fourth-order valence-electron chi connectivity index (χ4n) is 1.62. The van der Waals surface area contributed by atoms with Crippen molar-refractivity contribution in [2.45, 2.75) is 19.9 Å². The second kappa shape index (κ2) is 7.73. The Morgan fingerprint density at radius 2 is 2.33 bits per heavy atom. The summed E-state index contributed by atoms with van der Waals surface area (Å²) in [7, 11) is 0. The summed E-state index contributed by atoms with van der Waals surface area (Å²) in [5.41, 5.74) is 6.82. The maximum atomic E-state index is 11.9. The van der Waals surface area contributed by atoms with Gasteiger partial charge in [-0.1, -0.05) is 0 Å². The first-order valence-corrected chi connectivity index (χ1v) is 6.11. The van der Waals surface area contributed by atoms with Gasteiger partial charge in [-0.25, -0.2) is 0 Å². The van der Waals surface area contributed by atoms with E-state index in [0.29, 0.717) is 44.1 Å². The number of nitrogens with zero attached hydrogens (tertiary/aromatic N) is 1. The average molecular weight is 255 g/mol. The summed E-state index contributed by atoms with van der Waals surface area (Å²) in [6.45, 7) is 4.09. The zero-order chi connectivity index (χ0) is 13.4. The normalized spacial score (nSPS) is 10.6. The molecule has 6 nitrogen and oxygen atoms in total. The number of anilines is 1. The number of nitrogens with one attached hydrogen (secondary N) is 1. The van der Waals surface area contributed by atoms with E-state index < -0.39 is 0 Å². The summed E-state index contributed by atoms with van der Waals surface area (Å²) in [5, 5.41) is 11.3. The molecule has 0 unspecified atom stereocenters. The van der Waals surface area contributed by atoms with Crippen molar-refractivity contribution in [2.24, 2.45) is 0 Å². The van der Waals surface area contributed by atoms with E-state index in [4.69, 9.17) is 15.6 Å². The minimum absolute atomic E-state index is 0.0235. The van der Waals surface area contributed by atoms with Crippen LogP contribution in [-0.4, -0.2) is 41.9 Å². The molecule has 1 aromatic heterocycles. The zero-order valence-electron chi connectivity index (χ0n) is 10.7. The third-order valence-corrected chi connectivity index (χ3v) is 2.48. The molecule has 0 aliphatic carbocycles. The van der Waals surface area contributed by atoms with Crippen LogP contribution >= 0.6 is 0 Å². The van der Waals surface area contributed by atoms with E-state index in [-0.39, 0.29) is 12.5 Å². The Morgan fingerprint density at radius 1 is 1.56 bits per heavy atom. The van der Waals surface area contributed by atoms with Crippen LogP contribution in [0.1, 0.15) is 23.8 Å². The van der Waals surface area contributed by atoms with E-state index in [1.807, 2.05) is 11.5 Å². The summed E-state index contributed by atoms with van der Waals surface area (Å²) in [6, 6.07) is 1.67. The monoisotopic (exact) mass is 255 g/mol. The number of hydrogen-bond donors (Lipinski definition) is 3. The number of carbonyl (C=O) groups is 1. The molecule has 1 heterocycles. The Hall–Kier alpha value is -1.53. The molecule has 1 amide bonds. The van der Waals surface area contributed by atoms with Crippen LogP contribution in [0.3, 0.4) is 0 Å². The van der Waals surface area contributed by atoms with Crippen LogP contribution in [0.2, 0.25) is 0 Å². The summed E-state index contributed by atoms with van der Waals surface area (Å²) in [5.74, 6) is -0.129. The van der Waals surface area contributed by atoms with Crippen LogP contribution < -0.4 is 11.1 Å². The van der Waals surface area contributed by atoms with Crippen LogP contribution in [-0.2, 0) is 11.3 Å². The van der Waals surface area contributed by atoms with Gasteiger partial charge in [-0.15, -0.1) is 0 Å². The van der Waals surface area contributed by atoms with Gasteiger partial charge in [0.1, 0.15) is 5.69 Å². The summed E-state index contributed by atoms with van der Waals surface area (Å²) >= 11 is 0. The lowest BCUT2D eigenvalue weighted by Crippen LogP contribution is -2.27. The molecule has 18 heavy (non-hydrogen) atoms. The predicted octanol–water partition coefficient (Wildman–Crippen LogP) is 0.219. The van der Waals surface area contributed by atoms with Gasteiger partial charge in [0.05, 0.1) is 18.9 Å². The molecule has 0 aromatic carbocycles. The summed E-state index contributed by atoms with van der Waals surface area (Å²) < 4.78 is 6.91. The highest BCUT2D eigenvalue weighted by molar-refractivity contribution is 5.93. The number of aryl methyl sites for hydroxylation is 1. The van der Waals surface area contributed by atoms with Crippen molar-refractivity contribution < 1.29 is 14.6 Å². The van der Waals surface area contributed by atoms with Crippen molar-refractivity contribution in [2.75, 3.05) is 32.1 Å². The Morgan fingerprint density at radius 3 is 3.00 bits per heavy atom. The average Bonchev–Trinajstić information content (AvgIpc) is 2.74. The Labute approximate surface area is 107 Å². The molecule has 0 saturated carbocycles. The Bertz CT molecular complexity index is 377. The van der Waals surface area contributed by atoms with E-state index >= 15 is 0 Å². The smallest absolute Gasteiger partial charge is 0.267 e. The lowest BCUT2D eigenvalue weighted by molar-refractivity contribution is 0.0864. The molecule has 0 fully saturated rings. The number of hydrogen-bond acceptors (Lipinski definition) is 4. The molecule has 1 aromatic rings. The number of amides is 1. The molecule has 0 bridgehead atoms. The van der Waals surface area contributed by atoms with Gasteiger partial charge in [0, 0.05) is 25.9 Å². The molecular weight excluding hydrogens is 234 g/mol. The molecule has 1 rings (SSSR count). The van der Waals surface area contributed by atoms with Crippen molar-refractivity contribution in [1.29, 1.82) is 0 Å². The minimum atomic E-state index is -0.129. The van der Waals surface area contributed by atoms with Gasteiger partial charge < -0.3 is 25.5 Å². The molecule has 102 valence electrons. The molecule has 0 aliphatic rings. The summed E-state index contributed by atoms with van der Waals surface area (Å²) in [6.07, 6.45) is 2.47. The summed E-state index contributed by atoms with van der Waals surface area (Å²) in [4.78, 5) is 11.9. The van der Waals surface area contributed by atoms with Crippen LogP contribution in [0.25, 0.3) is 0 Å². The van der Waals surface area contributed by atoms with Gasteiger partial charge in [-0.05, 0) is 19.4 Å². The molecule has 0 atom stereocenters. The second-order valence-corrected chi connectivity index (χ2v) is 3.89. The largest absolute Gasteiger partial charge is 0.397 e. The van der Waals surface area contributed by atoms with E-state index in [9.17, 15) is 4.79 Å². The molecule has 0 saturated heterocycles. The number of aliphatic hydroxyl groups is 1. The van der Waals surface area contributed by atoms with Crippen molar-refractivity contribution in [3.63, 3.8) is 0 Å². The molecule has 4 N–H and O–H groups in total. The number of ether oxygens (including phenoxy) is 1. The van der Waals surface area contributed by atoms with Crippen LogP contribution in [0.4, 0.5) is 5.69 Å². The molecule has 0 radical (unpaired) electrons. The SMILES string of the molecule is CCn1cc(N)cc1C(=O)NCCCOCCO. The van der Waals surface area contributed by atoms with Gasteiger partial charge in [-0.3, -0.25) is 4.79 Å². The predicted molar refractivity (Wildman–Crippen MR) is 69.4 cm³/mol. The van der Waals surface area contributed by atoms with E-state index in [0.717, 1.165) is 0 Å². The third-order valence-electron chi connectivity index (χ3n) is 2.48. The molecular formula is C12H21N3O3. The van der Waals surface area contributed by atoms with Gasteiger partial charge in [-0.2, -0.15) is 0 Å². The van der Waals surface area contributed by atoms with Crippen LogP contribution in [0, 0.1) is 0 Å². The fourth-order valence-corrected chi connectivity index (χ4v) is 1.62. The molecule has 6 heteroatoms. The van der Waals surface area contributed by atoms with Crippen molar-refractivity contribution in [3.05, 3.63) is 18.0 Å². The molecule has 0 spiro atoms. The van der Waals surface area contributed by atoms with Crippen LogP contribution in [0.5, 0.6) is 0 Å². The van der Waals surface area contributed by atoms with Gasteiger partial charge in [0.15, 0.2) is 0 Å². The highest BCUT2D eigenvalue weighted by Gasteiger charge is 2.10. The highest BCUT2D eigenvalue weighted by atomic mass is 16.5. The van der Waals surface area contributed by atoms with E-state index in [1.54, 1.807) is 12.3 Å². The van der Waals surface area contributed by atoms with Crippen molar-refractivity contribution in [1.82, 2.24) is 9.88 Å². The maximum absolute atomic E-state index is 11.9. The number of rotatable bonds is 8. The van der Waals surface area contributed by atoms with Crippen molar-refractivity contribution >= 4 is 11.6 Å². The number of carbonyl (C=O) groups excluding carboxylic acids is 1. The standard InChI is InChI=1S/C12H21N3O3/c1-2-15-9-10(13)8-11(15)12(17)14-4-3-6-18-7-5-16/h8-9,16H,2-7,13H2,1H3,(H,14,17). The Balaban J connectivity index is 2.32. The molecule has 0 aliphatic heterocycles. The van der Waals surface area contributed by atoms with Crippen molar-refractivity contribution in [3.8, 4) is 0 Å². The van der Waals surface area contributed by atoms with Gasteiger partial charge in [0.25, 0.3) is 5.91 Å². The third kappa shape index (κ3) is 4.38. The quantitative estimate of drug-likeness (QED) is 0.580. The number of aromatic nitrogens is 1. The fraction of sp³-hybridized carbons (Fsp3) is 0.583. The van der Waals surface area contributed by atoms with Crippen LogP contribution in [0.15, 0.2) is 12.3 Å². The second-order valence-electron chi connectivity index (χ2n) is 3.89. The lowest BCUT2D eigenvalue weighted by atomic mass is 10.3. The number of aliphatic hydroxyl groups excluding tert-OH is 1. The van der Waals surface area contributed by atoms with E-state index in [1.165, 1.54) is 0 Å². The minimum Gasteiger partial charge on any atom is -0.397 e. The van der Waals surface area contributed by atoms with Gasteiger partial charge in [0.2, 0.25) is 0 Å².